The van der Waals surface area contributed by atoms with Gasteiger partial charge in [-0.2, -0.15) is 0 Å². The van der Waals surface area contributed by atoms with Crippen LogP contribution in [0.25, 0.3) is 0 Å². The summed E-state index contributed by atoms with van der Waals surface area (Å²) in [7, 11) is 0. The highest BCUT2D eigenvalue weighted by Crippen LogP contribution is 2.10. The second kappa shape index (κ2) is 5.89. The van der Waals surface area contributed by atoms with E-state index in [1.165, 1.54) is 0 Å². The number of carboxylic acid groups (broad SMARTS) is 1. The number of hydrogen-bond acceptors (Lipinski definition) is 3. The Balaban J connectivity index is 2.65. The van der Waals surface area contributed by atoms with Gasteiger partial charge in [-0.1, -0.05) is 13.3 Å². The lowest BCUT2D eigenvalue weighted by Crippen LogP contribution is -2.29. The van der Waals surface area contributed by atoms with Crippen molar-refractivity contribution < 1.29 is 9.90 Å². The smallest absolute Gasteiger partial charge is 0.326 e. The molecule has 0 amide bonds. The summed E-state index contributed by atoms with van der Waals surface area (Å²) in [6, 6.07) is 3.12. The molecule has 0 spiro atoms. The fourth-order valence-corrected chi connectivity index (χ4v) is 1.50. The predicted molar refractivity (Wildman–Crippen MR) is 66.9 cm³/mol. The van der Waals surface area contributed by atoms with E-state index < -0.39 is 12.0 Å². The fraction of sp³-hybridized carbons (Fsp3) is 0.400. The van der Waals surface area contributed by atoms with Gasteiger partial charge in [0.15, 0.2) is 0 Å². The highest BCUT2D eigenvalue weighted by Gasteiger charge is 2.15. The quantitative estimate of drug-likeness (QED) is 0.818. The molecule has 5 heteroatoms. The molecule has 0 aliphatic heterocycles. The van der Waals surface area contributed by atoms with Gasteiger partial charge >= 0.3 is 5.97 Å². The molecular weight excluding hydrogens is 307 g/mol. The highest BCUT2D eigenvalue weighted by atomic mass is 127. The monoisotopic (exact) mass is 320 g/mol. The van der Waals surface area contributed by atoms with E-state index in [2.05, 4.69) is 32.9 Å². The van der Waals surface area contributed by atoms with E-state index in [0.29, 0.717) is 12.2 Å². The van der Waals surface area contributed by atoms with Crippen molar-refractivity contribution in [3.8, 4) is 0 Å². The van der Waals surface area contributed by atoms with Gasteiger partial charge in [0.25, 0.3) is 0 Å². The number of aromatic nitrogens is 1. The van der Waals surface area contributed by atoms with Crippen LogP contribution in [0.1, 0.15) is 19.8 Å². The first kappa shape index (κ1) is 12.2. The van der Waals surface area contributed by atoms with Gasteiger partial charge in [-0.25, -0.2) is 9.78 Å². The fourth-order valence-electron chi connectivity index (χ4n) is 1.19. The third-order valence-electron chi connectivity index (χ3n) is 1.92. The maximum Gasteiger partial charge on any atom is 0.326 e. The zero-order valence-corrected chi connectivity index (χ0v) is 10.6. The maximum absolute atomic E-state index is 10.9. The molecule has 82 valence electrons. The lowest BCUT2D eigenvalue weighted by Gasteiger charge is -2.13. The average molecular weight is 320 g/mol. The van der Waals surface area contributed by atoms with Gasteiger partial charge in [0.2, 0.25) is 0 Å². The first-order chi connectivity index (χ1) is 7.13. The minimum Gasteiger partial charge on any atom is -0.480 e. The molecule has 4 nitrogen and oxygen atoms in total. The van der Waals surface area contributed by atoms with Crippen molar-refractivity contribution in [1.82, 2.24) is 4.98 Å². The molecule has 0 aromatic carbocycles. The molecule has 1 unspecified atom stereocenters. The number of aliphatic carboxylic acids is 1. The van der Waals surface area contributed by atoms with Crippen LogP contribution in [-0.4, -0.2) is 22.1 Å². The Hall–Kier alpha value is -0.850. The van der Waals surface area contributed by atoms with E-state index in [1.807, 2.05) is 13.0 Å². The summed E-state index contributed by atoms with van der Waals surface area (Å²) in [5.74, 6) is -0.228. The molecule has 0 aliphatic carbocycles. The van der Waals surface area contributed by atoms with Gasteiger partial charge in [0.1, 0.15) is 11.9 Å². The number of carbonyl (C=O) groups is 1. The van der Waals surface area contributed by atoms with E-state index in [1.54, 1.807) is 12.3 Å². The summed E-state index contributed by atoms with van der Waals surface area (Å²) < 4.78 is 1.03. The molecule has 2 N–H and O–H groups in total. The molecule has 0 radical (unpaired) electrons. The van der Waals surface area contributed by atoms with Crippen LogP contribution in [0.4, 0.5) is 5.82 Å². The summed E-state index contributed by atoms with van der Waals surface area (Å²) in [6.45, 7) is 1.96. The standard InChI is InChI=1S/C10H13IN2O2/c1-2-3-8(10(14)15)13-9-5-4-7(11)6-12-9/h4-6,8H,2-3H2,1H3,(H,12,13)(H,14,15). The summed E-state index contributed by atoms with van der Waals surface area (Å²) in [4.78, 5) is 15.0. The molecule has 0 saturated carbocycles. The SMILES string of the molecule is CCCC(Nc1ccc(I)cn1)C(=O)O. The molecule has 1 heterocycles. The van der Waals surface area contributed by atoms with Gasteiger partial charge in [-0.3, -0.25) is 0 Å². The van der Waals surface area contributed by atoms with Gasteiger partial charge in [0, 0.05) is 9.77 Å². The van der Waals surface area contributed by atoms with Crippen molar-refractivity contribution in [2.75, 3.05) is 5.32 Å². The summed E-state index contributed by atoms with van der Waals surface area (Å²) in [5, 5.41) is 11.8. The third-order valence-corrected chi connectivity index (χ3v) is 2.56. The molecular formula is C10H13IN2O2. The van der Waals surface area contributed by atoms with Crippen LogP contribution in [0.2, 0.25) is 0 Å². The molecule has 1 aromatic rings. The van der Waals surface area contributed by atoms with Crippen LogP contribution in [0.3, 0.4) is 0 Å². The van der Waals surface area contributed by atoms with Gasteiger partial charge in [-0.05, 0) is 41.1 Å². The number of nitrogens with one attached hydrogen (secondary N) is 1. The van der Waals surface area contributed by atoms with Gasteiger partial charge < -0.3 is 10.4 Å². The number of hydrogen-bond donors (Lipinski definition) is 2. The molecule has 0 fully saturated rings. The topological polar surface area (TPSA) is 62.2 Å². The normalized spacial score (nSPS) is 12.1. The summed E-state index contributed by atoms with van der Waals surface area (Å²) in [6.07, 6.45) is 3.13. The van der Waals surface area contributed by atoms with Crippen molar-refractivity contribution >= 4 is 34.4 Å². The van der Waals surface area contributed by atoms with E-state index in [-0.39, 0.29) is 0 Å². The Morgan fingerprint density at radius 2 is 2.40 bits per heavy atom. The number of nitrogens with zero attached hydrogens (tertiary/aromatic N) is 1. The number of halogens is 1. The van der Waals surface area contributed by atoms with Crippen LogP contribution in [0, 0.1) is 3.57 Å². The number of carboxylic acids is 1. The van der Waals surface area contributed by atoms with Crippen molar-refractivity contribution in [3.63, 3.8) is 0 Å². The van der Waals surface area contributed by atoms with Crippen molar-refractivity contribution in [1.29, 1.82) is 0 Å². The Morgan fingerprint density at radius 1 is 1.67 bits per heavy atom. The number of pyridine rings is 1. The molecule has 0 saturated heterocycles. The zero-order chi connectivity index (χ0) is 11.3. The highest BCUT2D eigenvalue weighted by molar-refractivity contribution is 14.1. The zero-order valence-electron chi connectivity index (χ0n) is 8.40. The van der Waals surface area contributed by atoms with Crippen molar-refractivity contribution in [2.45, 2.75) is 25.8 Å². The van der Waals surface area contributed by atoms with Gasteiger partial charge in [-0.15, -0.1) is 0 Å². The largest absolute Gasteiger partial charge is 0.480 e. The summed E-state index contributed by atoms with van der Waals surface area (Å²) in [5.41, 5.74) is 0. The van der Waals surface area contributed by atoms with Crippen LogP contribution < -0.4 is 5.32 Å². The van der Waals surface area contributed by atoms with Gasteiger partial charge in [0.05, 0.1) is 0 Å². The van der Waals surface area contributed by atoms with Crippen LogP contribution in [0.5, 0.6) is 0 Å². The third kappa shape index (κ3) is 4.03. The Morgan fingerprint density at radius 3 is 2.87 bits per heavy atom. The Labute approximate surface area is 102 Å². The van der Waals surface area contributed by atoms with Crippen LogP contribution in [0.15, 0.2) is 18.3 Å². The second-order valence-electron chi connectivity index (χ2n) is 3.19. The Bertz CT molecular complexity index is 327. The molecule has 0 aliphatic rings. The van der Waals surface area contributed by atoms with Crippen LogP contribution >= 0.6 is 22.6 Å². The van der Waals surface area contributed by atoms with E-state index >= 15 is 0 Å². The molecule has 15 heavy (non-hydrogen) atoms. The maximum atomic E-state index is 10.9. The van der Waals surface area contributed by atoms with E-state index in [0.717, 1.165) is 9.99 Å². The summed E-state index contributed by atoms with van der Waals surface area (Å²) >= 11 is 2.15. The molecule has 1 rings (SSSR count). The molecule has 0 bridgehead atoms. The van der Waals surface area contributed by atoms with Crippen molar-refractivity contribution in [2.24, 2.45) is 0 Å². The minimum atomic E-state index is -0.836. The predicted octanol–water partition coefficient (Wildman–Crippen LogP) is 2.35. The average Bonchev–Trinajstić information content (AvgIpc) is 2.20. The van der Waals surface area contributed by atoms with Crippen LogP contribution in [-0.2, 0) is 4.79 Å². The minimum absolute atomic E-state index is 0.553. The number of anilines is 1. The lowest BCUT2D eigenvalue weighted by atomic mass is 10.2. The van der Waals surface area contributed by atoms with E-state index in [4.69, 9.17) is 5.11 Å². The molecule has 1 aromatic heterocycles. The lowest BCUT2D eigenvalue weighted by molar-refractivity contribution is -0.138. The molecule has 1 atom stereocenters. The van der Waals surface area contributed by atoms with E-state index in [9.17, 15) is 4.79 Å². The second-order valence-corrected chi connectivity index (χ2v) is 4.43. The first-order valence-corrected chi connectivity index (χ1v) is 5.82. The Kier molecular flexibility index (Phi) is 4.80. The first-order valence-electron chi connectivity index (χ1n) is 4.74. The number of rotatable bonds is 5. The van der Waals surface area contributed by atoms with Crippen molar-refractivity contribution in [3.05, 3.63) is 21.9 Å².